The zero-order valence-electron chi connectivity index (χ0n) is 8.80. The molecule has 1 saturated heterocycles. The van der Waals surface area contributed by atoms with Crippen LogP contribution in [0.2, 0.25) is 0 Å². The van der Waals surface area contributed by atoms with Crippen molar-refractivity contribution in [2.24, 2.45) is 5.73 Å². The molecule has 0 spiro atoms. The minimum atomic E-state index is 0.855. The van der Waals surface area contributed by atoms with Gasteiger partial charge in [0.15, 0.2) is 0 Å². The molecule has 0 unspecified atom stereocenters. The van der Waals surface area contributed by atoms with E-state index in [1.165, 1.54) is 64.6 Å². The summed E-state index contributed by atoms with van der Waals surface area (Å²) in [5, 5.41) is 0. The third-order valence-electron chi connectivity index (χ3n) is 2.88. The SMILES string of the molecule is NCCCCN1CCCCCCC1. The predicted octanol–water partition coefficient (Wildman–Crippen LogP) is 1.99. The first-order chi connectivity index (χ1) is 6.43. The normalized spacial score (nSPS) is 21.0. The van der Waals surface area contributed by atoms with Crippen molar-refractivity contribution in [2.75, 3.05) is 26.2 Å². The highest BCUT2D eigenvalue weighted by Gasteiger charge is 2.06. The lowest BCUT2D eigenvalue weighted by Crippen LogP contribution is -2.28. The molecule has 78 valence electrons. The van der Waals surface area contributed by atoms with Crippen LogP contribution in [-0.2, 0) is 0 Å². The third-order valence-corrected chi connectivity index (χ3v) is 2.88. The molecule has 0 aromatic rings. The minimum absolute atomic E-state index is 0.855. The summed E-state index contributed by atoms with van der Waals surface area (Å²) in [6, 6.07) is 0. The number of hydrogen-bond acceptors (Lipinski definition) is 2. The second-order valence-corrected chi connectivity index (χ2v) is 4.11. The Morgan fingerprint density at radius 3 is 2.08 bits per heavy atom. The van der Waals surface area contributed by atoms with Gasteiger partial charge in [0.05, 0.1) is 0 Å². The van der Waals surface area contributed by atoms with Crippen molar-refractivity contribution in [1.82, 2.24) is 4.90 Å². The number of likely N-dealkylation sites (tertiary alicyclic amines) is 1. The molecule has 1 rings (SSSR count). The van der Waals surface area contributed by atoms with Gasteiger partial charge in [-0.3, -0.25) is 0 Å². The second kappa shape index (κ2) is 7.34. The molecule has 13 heavy (non-hydrogen) atoms. The van der Waals surface area contributed by atoms with Crippen molar-refractivity contribution >= 4 is 0 Å². The number of nitrogens with zero attached hydrogens (tertiary/aromatic N) is 1. The Morgan fingerprint density at radius 1 is 0.846 bits per heavy atom. The van der Waals surface area contributed by atoms with E-state index in [1.807, 2.05) is 0 Å². The summed E-state index contributed by atoms with van der Waals surface area (Å²) >= 11 is 0. The van der Waals surface area contributed by atoms with Crippen molar-refractivity contribution in [3.8, 4) is 0 Å². The molecule has 1 aliphatic rings. The molecule has 2 nitrogen and oxygen atoms in total. The predicted molar refractivity (Wildman–Crippen MR) is 57.8 cm³/mol. The van der Waals surface area contributed by atoms with Crippen molar-refractivity contribution in [1.29, 1.82) is 0 Å². The highest BCUT2D eigenvalue weighted by molar-refractivity contribution is 4.62. The lowest BCUT2D eigenvalue weighted by Gasteiger charge is -2.24. The van der Waals surface area contributed by atoms with Crippen LogP contribution in [0.5, 0.6) is 0 Å². The molecule has 1 heterocycles. The molecular weight excluding hydrogens is 160 g/mol. The van der Waals surface area contributed by atoms with Crippen molar-refractivity contribution in [2.45, 2.75) is 44.9 Å². The second-order valence-electron chi connectivity index (χ2n) is 4.11. The summed E-state index contributed by atoms with van der Waals surface area (Å²) in [6.07, 6.45) is 9.62. The largest absolute Gasteiger partial charge is 0.330 e. The summed E-state index contributed by atoms with van der Waals surface area (Å²) in [6.45, 7) is 4.78. The van der Waals surface area contributed by atoms with E-state index in [0.717, 1.165) is 6.54 Å². The number of rotatable bonds is 4. The maximum absolute atomic E-state index is 5.48. The van der Waals surface area contributed by atoms with Crippen molar-refractivity contribution in [3.05, 3.63) is 0 Å². The van der Waals surface area contributed by atoms with E-state index in [4.69, 9.17) is 5.73 Å². The fraction of sp³-hybridized carbons (Fsp3) is 1.00. The number of hydrogen-bond donors (Lipinski definition) is 1. The van der Waals surface area contributed by atoms with Crippen LogP contribution in [0.4, 0.5) is 0 Å². The molecule has 0 saturated carbocycles. The molecule has 0 amide bonds. The fourth-order valence-electron chi connectivity index (χ4n) is 2.02. The molecule has 0 bridgehead atoms. The van der Waals surface area contributed by atoms with Crippen LogP contribution in [0.1, 0.15) is 44.9 Å². The zero-order valence-corrected chi connectivity index (χ0v) is 8.80. The first-order valence-electron chi connectivity index (χ1n) is 5.86. The Balaban J connectivity index is 2.06. The van der Waals surface area contributed by atoms with Crippen molar-refractivity contribution in [3.63, 3.8) is 0 Å². The summed E-state index contributed by atoms with van der Waals surface area (Å²) in [4.78, 5) is 2.62. The van der Waals surface area contributed by atoms with Crippen molar-refractivity contribution < 1.29 is 0 Å². The van der Waals surface area contributed by atoms with Gasteiger partial charge in [0.1, 0.15) is 0 Å². The minimum Gasteiger partial charge on any atom is -0.330 e. The van der Waals surface area contributed by atoms with Crippen LogP contribution >= 0.6 is 0 Å². The summed E-state index contributed by atoms with van der Waals surface area (Å²) in [5.74, 6) is 0. The fourth-order valence-corrected chi connectivity index (χ4v) is 2.02. The first-order valence-corrected chi connectivity index (χ1v) is 5.86. The molecule has 0 aromatic carbocycles. The van der Waals surface area contributed by atoms with Gasteiger partial charge >= 0.3 is 0 Å². The molecule has 0 atom stereocenters. The van der Waals surface area contributed by atoms with Gasteiger partial charge in [-0.15, -0.1) is 0 Å². The highest BCUT2D eigenvalue weighted by atomic mass is 15.1. The van der Waals surface area contributed by atoms with Crippen LogP contribution in [0.3, 0.4) is 0 Å². The van der Waals surface area contributed by atoms with E-state index >= 15 is 0 Å². The lowest BCUT2D eigenvalue weighted by atomic mass is 10.1. The van der Waals surface area contributed by atoms with E-state index in [1.54, 1.807) is 0 Å². The van der Waals surface area contributed by atoms with E-state index in [2.05, 4.69) is 4.90 Å². The molecule has 1 fully saturated rings. The lowest BCUT2D eigenvalue weighted by molar-refractivity contribution is 0.243. The van der Waals surface area contributed by atoms with Gasteiger partial charge in [-0.2, -0.15) is 0 Å². The monoisotopic (exact) mass is 184 g/mol. The number of nitrogens with two attached hydrogens (primary N) is 1. The average molecular weight is 184 g/mol. The molecule has 0 aliphatic carbocycles. The van der Waals surface area contributed by atoms with Crippen LogP contribution in [0.25, 0.3) is 0 Å². The summed E-state index contributed by atoms with van der Waals surface area (Å²) in [7, 11) is 0. The zero-order chi connectivity index (χ0) is 9.36. The molecule has 2 heteroatoms. The molecule has 2 N–H and O–H groups in total. The quantitative estimate of drug-likeness (QED) is 0.677. The maximum Gasteiger partial charge on any atom is -0.00183 e. The van der Waals surface area contributed by atoms with Crippen LogP contribution < -0.4 is 5.73 Å². The van der Waals surface area contributed by atoms with Gasteiger partial charge in [0.25, 0.3) is 0 Å². The highest BCUT2D eigenvalue weighted by Crippen LogP contribution is 2.10. The Kier molecular flexibility index (Phi) is 6.21. The standard InChI is InChI=1S/C11H24N2/c12-8-4-7-11-13-9-5-2-1-3-6-10-13/h1-12H2. The van der Waals surface area contributed by atoms with Gasteiger partial charge in [0, 0.05) is 0 Å². The Labute approximate surface area is 82.5 Å². The molecule has 1 aliphatic heterocycles. The van der Waals surface area contributed by atoms with Gasteiger partial charge in [0.2, 0.25) is 0 Å². The van der Waals surface area contributed by atoms with Gasteiger partial charge < -0.3 is 10.6 Å². The van der Waals surface area contributed by atoms with Gasteiger partial charge in [-0.05, 0) is 51.9 Å². The average Bonchev–Trinajstić information content (AvgIpc) is 2.08. The van der Waals surface area contributed by atoms with Crippen LogP contribution in [-0.4, -0.2) is 31.1 Å². The van der Waals surface area contributed by atoms with E-state index < -0.39 is 0 Å². The van der Waals surface area contributed by atoms with E-state index in [-0.39, 0.29) is 0 Å². The third kappa shape index (κ3) is 5.27. The Morgan fingerprint density at radius 2 is 1.46 bits per heavy atom. The number of unbranched alkanes of at least 4 members (excludes halogenated alkanes) is 1. The first kappa shape index (κ1) is 11.0. The van der Waals surface area contributed by atoms with Gasteiger partial charge in [-0.1, -0.05) is 19.3 Å². The van der Waals surface area contributed by atoms with E-state index in [0.29, 0.717) is 0 Å². The summed E-state index contributed by atoms with van der Waals surface area (Å²) in [5.41, 5.74) is 5.48. The molecule has 0 radical (unpaired) electrons. The van der Waals surface area contributed by atoms with E-state index in [9.17, 15) is 0 Å². The summed E-state index contributed by atoms with van der Waals surface area (Å²) < 4.78 is 0. The topological polar surface area (TPSA) is 29.3 Å². The Hall–Kier alpha value is -0.0800. The maximum atomic E-state index is 5.48. The Bertz CT molecular complexity index is 107. The van der Waals surface area contributed by atoms with Crippen LogP contribution in [0.15, 0.2) is 0 Å². The van der Waals surface area contributed by atoms with Gasteiger partial charge in [-0.25, -0.2) is 0 Å². The molecule has 0 aromatic heterocycles. The van der Waals surface area contributed by atoms with Crippen LogP contribution in [0, 0.1) is 0 Å². The smallest absolute Gasteiger partial charge is 0.00183 e. The molecular formula is C11H24N2.